The van der Waals surface area contributed by atoms with E-state index in [1.165, 1.54) is 5.56 Å². The van der Waals surface area contributed by atoms with Gasteiger partial charge in [0.1, 0.15) is 5.75 Å². The molecule has 1 aromatic heterocycles. The minimum Gasteiger partial charge on any atom is -0.494 e. The van der Waals surface area contributed by atoms with Crippen molar-refractivity contribution in [3.05, 3.63) is 59.5 Å². The highest BCUT2D eigenvalue weighted by molar-refractivity contribution is 7.71. The van der Waals surface area contributed by atoms with E-state index in [-0.39, 0.29) is 0 Å². The first-order valence-corrected chi connectivity index (χ1v) is 7.78. The Morgan fingerprint density at radius 1 is 1.00 bits per heavy atom. The molecule has 0 saturated heterocycles. The van der Waals surface area contributed by atoms with Gasteiger partial charge in [0.2, 0.25) is 0 Å². The van der Waals surface area contributed by atoms with Crippen molar-refractivity contribution >= 4 is 12.2 Å². The molecule has 0 spiro atoms. The molecule has 3 nitrogen and oxygen atoms in total. The molecule has 0 aliphatic carbocycles. The molecule has 0 aliphatic rings. The van der Waals surface area contributed by atoms with E-state index in [1.807, 2.05) is 18.3 Å². The molecule has 0 fully saturated rings. The van der Waals surface area contributed by atoms with Crippen LogP contribution in [0.25, 0.3) is 22.4 Å². The number of rotatable bonds is 5. The summed E-state index contributed by atoms with van der Waals surface area (Å²) in [6.45, 7) is 2.85. The standard InChI is InChI=1S/C18H18N2OS/c1-2-10-21-16-5-3-4-15(11-16)13-6-8-14(9-7-13)17-12-19-18(22)20-17/h3-9,11-12H,2,10H2,1H3,(H2,19,20,22). The zero-order valence-corrected chi connectivity index (χ0v) is 13.2. The molecule has 3 rings (SSSR count). The molecule has 4 heteroatoms. The number of imidazole rings is 1. The summed E-state index contributed by atoms with van der Waals surface area (Å²) in [5.74, 6) is 0.915. The van der Waals surface area contributed by atoms with Crippen molar-refractivity contribution in [2.24, 2.45) is 0 Å². The normalized spacial score (nSPS) is 10.6. The molecular weight excluding hydrogens is 292 g/mol. The van der Waals surface area contributed by atoms with E-state index in [0.29, 0.717) is 4.77 Å². The first-order valence-electron chi connectivity index (χ1n) is 7.37. The first-order chi connectivity index (χ1) is 10.8. The third-order valence-electron chi connectivity index (χ3n) is 3.43. The van der Waals surface area contributed by atoms with Gasteiger partial charge in [-0.25, -0.2) is 0 Å². The molecule has 0 aliphatic heterocycles. The molecule has 0 amide bonds. The first kappa shape index (κ1) is 14.6. The lowest BCUT2D eigenvalue weighted by atomic mass is 10.0. The molecule has 112 valence electrons. The lowest BCUT2D eigenvalue weighted by Gasteiger charge is -2.08. The summed E-state index contributed by atoms with van der Waals surface area (Å²) >= 11 is 5.06. The zero-order valence-electron chi connectivity index (χ0n) is 12.4. The largest absolute Gasteiger partial charge is 0.494 e. The molecule has 0 unspecified atom stereocenters. The van der Waals surface area contributed by atoms with Crippen molar-refractivity contribution in [2.45, 2.75) is 13.3 Å². The second-order valence-electron chi connectivity index (χ2n) is 5.11. The topological polar surface area (TPSA) is 40.8 Å². The fraction of sp³-hybridized carbons (Fsp3) is 0.167. The summed E-state index contributed by atoms with van der Waals surface area (Å²) in [5, 5.41) is 0. The number of hydrogen-bond donors (Lipinski definition) is 2. The summed E-state index contributed by atoms with van der Waals surface area (Å²) in [6, 6.07) is 16.6. The predicted molar refractivity (Wildman–Crippen MR) is 92.6 cm³/mol. The Morgan fingerprint density at radius 2 is 1.77 bits per heavy atom. The Bertz CT molecular complexity index is 802. The predicted octanol–water partition coefficient (Wildman–Crippen LogP) is 5.20. The van der Waals surface area contributed by atoms with Crippen LogP contribution in [0.3, 0.4) is 0 Å². The van der Waals surface area contributed by atoms with Crippen LogP contribution in [-0.2, 0) is 0 Å². The average molecular weight is 310 g/mol. The summed E-state index contributed by atoms with van der Waals surface area (Å²) in [5.41, 5.74) is 4.42. The van der Waals surface area contributed by atoms with E-state index >= 15 is 0 Å². The van der Waals surface area contributed by atoms with Crippen LogP contribution in [0.2, 0.25) is 0 Å². The fourth-order valence-corrected chi connectivity index (χ4v) is 2.48. The lowest BCUT2D eigenvalue weighted by Crippen LogP contribution is -1.94. The Kier molecular flexibility index (Phi) is 4.39. The Balaban J connectivity index is 1.85. The van der Waals surface area contributed by atoms with Crippen molar-refractivity contribution in [3.63, 3.8) is 0 Å². The van der Waals surface area contributed by atoms with Crippen LogP contribution in [-0.4, -0.2) is 16.6 Å². The van der Waals surface area contributed by atoms with Gasteiger partial charge in [-0.05, 0) is 47.5 Å². The number of benzene rings is 2. The van der Waals surface area contributed by atoms with Gasteiger partial charge in [-0.15, -0.1) is 0 Å². The SMILES string of the molecule is CCCOc1cccc(-c2ccc(-c3c[nH]c(=S)[nH]3)cc2)c1. The van der Waals surface area contributed by atoms with Crippen molar-refractivity contribution in [2.75, 3.05) is 6.61 Å². The summed E-state index contributed by atoms with van der Waals surface area (Å²) in [6.07, 6.45) is 2.90. The van der Waals surface area contributed by atoms with Crippen LogP contribution in [0, 0.1) is 4.77 Å². The second kappa shape index (κ2) is 6.62. The van der Waals surface area contributed by atoms with Crippen LogP contribution < -0.4 is 4.74 Å². The quantitative estimate of drug-likeness (QED) is 0.636. The van der Waals surface area contributed by atoms with Gasteiger partial charge in [0.05, 0.1) is 12.3 Å². The summed E-state index contributed by atoms with van der Waals surface area (Å²) in [7, 11) is 0. The Labute approximate surface area is 135 Å². The van der Waals surface area contributed by atoms with Crippen LogP contribution >= 0.6 is 12.2 Å². The van der Waals surface area contributed by atoms with Gasteiger partial charge in [-0.1, -0.05) is 43.3 Å². The number of nitrogens with one attached hydrogen (secondary N) is 2. The van der Waals surface area contributed by atoms with E-state index < -0.39 is 0 Å². The summed E-state index contributed by atoms with van der Waals surface area (Å²) in [4.78, 5) is 6.11. The Morgan fingerprint density at radius 3 is 2.45 bits per heavy atom. The Hall–Kier alpha value is -2.33. The molecule has 2 aromatic carbocycles. The van der Waals surface area contributed by atoms with Gasteiger partial charge >= 0.3 is 0 Å². The van der Waals surface area contributed by atoms with Gasteiger partial charge in [0.15, 0.2) is 4.77 Å². The van der Waals surface area contributed by atoms with Crippen molar-refractivity contribution in [1.29, 1.82) is 0 Å². The minimum atomic E-state index is 0.639. The van der Waals surface area contributed by atoms with Crippen molar-refractivity contribution < 1.29 is 4.74 Å². The van der Waals surface area contributed by atoms with E-state index in [2.05, 4.69) is 53.3 Å². The molecule has 3 aromatic rings. The molecule has 22 heavy (non-hydrogen) atoms. The number of ether oxygens (including phenoxy) is 1. The van der Waals surface area contributed by atoms with Crippen LogP contribution in [0.4, 0.5) is 0 Å². The average Bonchev–Trinajstić information content (AvgIpc) is 3.00. The van der Waals surface area contributed by atoms with Gasteiger partial charge in [0, 0.05) is 6.20 Å². The van der Waals surface area contributed by atoms with E-state index in [9.17, 15) is 0 Å². The van der Waals surface area contributed by atoms with E-state index in [4.69, 9.17) is 17.0 Å². The number of aromatic amines is 2. The molecule has 0 bridgehead atoms. The smallest absolute Gasteiger partial charge is 0.174 e. The maximum absolute atomic E-state index is 5.69. The third kappa shape index (κ3) is 3.28. The molecule has 2 N–H and O–H groups in total. The van der Waals surface area contributed by atoms with Crippen LogP contribution in [0.15, 0.2) is 54.7 Å². The number of H-pyrrole nitrogens is 2. The van der Waals surface area contributed by atoms with Gasteiger partial charge in [-0.2, -0.15) is 0 Å². The highest BCUT2D eigenvalue weighted by Gasteiger charge is 2.03. The van der Waals surface area contributed by atoms with Gasteiger partial charge < -0.3 is 14.7 Å². The minimum absolute atomic E-state index is 0.639. The lowest BCUT2D eigenvalue weighted by molar-refractivity contribution is 0.317. The number of hydrogen-bond acceptors (Lipinski definition) is 2. The molecule has 0 saturated carbocycles. The fourth-order valence-electron chi connectivity index (χ4n) is 2.32. The zero-order chi connectivity index (χ0) is 15.4. The van der Waals surface area contributed by atoms with E-state index in [1.54, 1.807) is 0 Å². The second-order valence-corrected chi connectivity index (χ2v) is 5.52. The molecule has 0 atom stereocenters. The van der Waals surface area contributed by atoms with Crippen LogP contribution in [0.5, 0.6) is 5.75 Å². The van der Waals surface area contributed by atoms with Gasteiger partial charge in [-0.3, -0.25) is 0 Å². The third-order valence-corrected chi connectivity index (χ3v) is 3.65. The highest BCUT2D eigenvalue weighted by Crippen LogP contribution is 2.26. The van der Waals surface area contributed by atoms with Crippen molar-refractivity contribution in [1.82, 2.24) is 9.97 Å². The molecule has 1 heterocycles. The molecule has 0 radical (unpaired) electrons. The maximum atomic E-state index is 5.69. The van der Waals surface area contributed by atoms with Crippen molar-refractivity contribution in [3.8, 4) is 28.1 Å². The number of aromatic nitrogens is 2. The van der Waals surface area contributed by atoms with Gasteiger partial charge in [0.25, 0.3) is 0 Å². The summed E-state index contributed by atoms with van der Waals surface area (Å²) < 4.78 is 6.33. The highest BCUT2D eigenvalue weighted by atomic mass is 32.1. The van der Waals surface area contributed by atoms with E-state index in [0.717, 1.165) is 35.6 Å². The monoisotopic (exact) mass is 310 g/mol. The van der Waals surface area contributed by atoms with Crippen LogP contribution in [0.1, 0.15) is 13.3 Å². The maximum Gasteiger partial charge on any atom is 0.174 e. The molecular formula is C18H18N2OS.